The van der Waals surface area contributed by atoms with Crippen LogP contribution in [0, 0.1) is 6.92 Å². The van der Waals surface area contributed by atoms with Gasteiger partial charge in [-0.05, 0) is 55.0 Å². The van der Waals surface area contributed by atoms with Crippen molar-refractivity contribution in [3.05, 3.63) is 72.3 Å². The van der Waals surface area contributed by atoms with Crippen molar-refractivity contribution < 1.29 is 18.4 Å². The molecule has 5 aromatic rings. The van der Waals surface area contributed by atoms with Crippen LogP contribution in [0.2, 0.25) is 0 Å². The number of anilines is 2. The second-order valence-electron chi connectivity index (χ2n) is 7.66. The van der Waals surface area contributed by atoms with Gasteiger partial charge in [0.2, 0.25) is 11.8 Å². The van der Waals surface area contributed by atoms with Crippen molar-refractivity contribution in [2.75, 3.05) is 22.1 Å². The lowest BCUT2D eigenvalue weighted by atomic mass is 10.2. The van der Waals surface area contributed by atoms with Crippen LogP contribution in [0.3, 0.4) is 0 Å². The lowest BCUT2D eigenvalue weighted by Gasteiger charge is -2.10. The van der Waals surface area contributed by atoms with Crippen LogP contribution < -0.4 is 10.6 Å². The second kappa shape index (κ2) is 10.2. The summed E-state index contributed by atoms with van der Waals surface area (Å²) in [6.45, 7) is 1.89. The highest BCUT2D eigenvalue weighted by molar-refractivity contribution is 8.00. The minimum atomic E-state index is -0.202. The Morgan fingerprint density at radius 2 is 1.20 bits per heavy atom. The predicted octanol–water partition coefficient (Wildman–Crippen LogP) is 5.74. The van der Waals surface area contributed by atoms with Gasteiger partial charge in [-0.1, -0.05) is 47.8 Å². The zero-order valence-corrected chi connectivity index (χ0v) is 20.2. The summed E-state index contributed by atoms with van der Waals surface area (Å²) in [5, 5.41) is 6.60. The Bertz CT molecular complexity index is 1350. The van der Waals surface area contributed by atoms with Crippen LogP contribution in [-0.4, -0.2) is 33.3 Å². The van der Waals surface area contributed by atoms with Crippen molar-refractivity contribution in [1.82, 2.24) is 9.97 Å². The molecule has 2 amide bonds. The van der Waals surface area contributed by atoms with Gasteiger partial charge in [-0.3, -0.25) is 9.59 Å². The third-order valence-corrected chi connectivity index (χ3v) is 6.50. The molecule has 0 aliphatic heterocycles. The lowest BCUT2D eigenvalue weighted by Crippen LogP contribution is -2.16. The van der Waals surface area contributed by atoms with Crippen LogP contribution in [0.1, 0.15) is 5.56 Å². The Hall–Kier alpha value is -3.76. The first-order chi connectivity index (χ1) is 17.0. The second-order valence-corrected chi connectivity index (χ2v) is 9.51. The predicted molar refractivity (Wildman–Crippen MR) is 138 cm³/mol. The average molecular weight is 505 g/mol. The Labute approximate surface area is 208 Å². The van der Waals surface area contributed by atoms with Gasteiger partial charge in [0, 0.05) is 11.4 Å². The molecule has 0 atom stereocenters. The topological polar surface area (TPSA) is 110 Å². The number of nitrogens with one attached hydrogen (secondary N) is 2. The molecule has 0 saturated heterocycles. The molecule has 0 fully saturated rings. The maximum atomic E-state index is 12.5. The number of thioether (sulfide) groups is 2. The van der Waals surface area contributed by atoms with E-state index in [1.165, 1.54) is 23.5 Å². The Morgan fingerprint density at radius 3 is 1.66 bits per heavy atom. The maximum Gasteiger partial charge on any atom is 0.257 e. The van der Waals surface area contributed by atoms with Gasteiger partial charge in [-0.15, -0.1) is 0 Å². The van der Waals surface area contributed by atoms with Crippen molar-refractivity contribution in [2.24, 2.45) is 0 Å². The number of amides is 2. The Balaban J connectivity index is 1.15. The van der Waals surface area contributed by atoms with E-state index in [0.717, 1.165) is 16.6 Å². The quantitative estimate of drug-likeness (QED) is 0.258. The number of para-hydroxylation sites is 4. The summed E-state index contributed by atoms with van der Waals surface area (Å²) in [5.74, 6) is -0.119. The number of nitrogens with zero attached hydrogens (tertiary/aromatic N) is 2. The molecule has 176 valence electrons. The first-order valence-electron chi connectivity index (χ1n) is 10.7. The number of fused-ring (bicyclic) bond motifs is 2. The summed E-state index contributed by atoms with van der Waals surface area (Å²) in [5.41, 5.74) is 4.96. The molecule has 0 bridgehead atoms. The molecule has 10 heteroatoms. The van der Waals surface area contributed by atoms with E-state index < -0.39 is 0 Å². The van der Waals surface area contributed by atoms with E-state index in [-0.39, 0.29) is 23.3 Å². The van der Waals surface area contributed by atoms with E-state index in [9.17, 15) is 9.59 Å². The molecule has 2 aromatic heterocycles. The standard InChI is InChI=1S/C25H20N4O4S2/c1-15-10-16(26-22(30)13-34-24-28-18-6-2-4-8-20(18)32-24)12-17(11-15)27-23(31)14-35-25-29-19-7-3-5-9-21(19)33-25/h2-12H,13-14H2,1H3,(H,26,30)(H,27,31). The molecule has 8 nitrogen and oxygen atoms in total. The summed E-state index contributed by atoms with van der Waals surface area (Å²) < 4.78 is 11.3. The summed E-state index contributed by atoms with van der Waals surface area (Å²) >= 11 is 2.44. The monoisotopic (exact) mass is 504 g/mol. The number of carbonyl (C=O) groups excluding carboxylic acids is 2. The molecule has 0 aliphatic rings. The molecule has 0 aliphatic carbocycles. The molecule has 0 spiro atoms. The normalized spacial score (nSPS) is 11.1. The SMILES string of the molecule is Cc1cc(NC(=O)CSc2nc3ccccc3o2)cc(NC(=O)CSc2nc3ccccc3o2)c1. The zero-order valence-electron chi connectivity index (χ0n) is 18.6. The summed E-state index contributed by atoms with van der Waals surface area (Å²) in [6, 6.07) is 20.3. The van der Waals surface area contributed by atoms with Gasteiger partial charge in [0.15, 0.2) is 11.2 Å². The first kappa shape index (κ1) is 23.0. The van der Waals surface area contributed by atoms with Crippen LogP contribution in [0.5, 0.6) is 0 Å². The van der Waals surface area contributed by atoms with E-state index in [1.807, 2.05) is 67.6 Å². The smallest absolute Gasteiger partial charge is 0.257 e. The van der Waals surface area contributed by atoms with Crippen molar-refractivity contribution in [1.29, 1.82) is 0 Å². The van der Waals surface area contributed by atoms with Crippen LogP contribution in [0.25, 0.3) is 22.2 Å². The number of oxazole rings is 2. The molecular weight excluding hydrogens is 484 g/mol. The van der Waals surface area contributed by atoms with Crippen molar-refractivity contribution in [3.8, 4) is 0 Å². The molecule has 0 unspecified atom stereocenters. The number of aromatic nitrogens is 2. The summed E-state index contributed by atoms with van der Waals surface area (Å²) in [7, 11) is 0. The van der Waals surface area contributed by atoms with Gasteiger partial charge in [0.05, 0.1) is 11.5 Å². The van der Waals surface area contributed by atoms with E-state index >= 15 is 0 Å². The molecule has 2 N–H and O–H groups in total. The third-order valence-electron chi connectivity index (χ3n) is 4.85. The Morgan fingerprint density at radius 1 is 0.743 bits per heavy atom. The van der Waals surface area contributed by atoms with Gasteiger partial charge in [-0.25, -0.2) is 9.97 Å². The van der Waals surface area contributed by atoms with Gasteiger partial charge >= 0.3 is 0 Å². The number of hydrogen-bond acceptors (Lipinski definition) is 8. The van der Waals surface area contributed by atoms with Gasteiger partial charge in [-0.2, -0.15) is 0 Å². The van der Waals surface area contributed by atoms with Crippen molar-refractivity contribution >= 4 is 68.9 Å². The minimum Gasteiger partial charge on any atom is -0.431 e. The third kappa shape index (κ3) is 5.84. The number of hydrogen-bond donors (Lipinski definition) is 2. The van der Waals surface area contributed by atoms with E-state index in [0.29, 0.717) is 33.0 Å². The maximum absolute atomic E-state index is 12.5. The van der Waals surface area contributed by atoms with E-state index in [4.69, 9.17) is 8.83 Å². The number of benzene rings is 3. The first-order valence-corrected chi connectivity index (χ1v) is 12.7. The lowest BCUT2D eigenvalue weighted by molar-refractivity contribution is -0.114. The van der Waals surface area contributed by atoms with Crippen LogP contribution >= 0.6 is 23.5 Å². The average Bonchev–Trinajstić information content (AvgIpc) is 3.44. The molecule has 0 saturated carbocycles. The fourth-order valence-electron chi connectivity index (χ4n) is 3.40. The highest BCUT2D eigenvalue weighted by atomic mass is 32.2. The summed E-state index contributed by atoms with van der Waals surface area (Å²) in [4.78, 5) is 33.7. The van der Waals surface area contributed by atoms with Crippen LogP contribution in [0.15, 0.2) is 86.0 Å². The van der Waals surface area contributed by atoms with Crippen LogP contribution in [-0.2, 0) is 9.59 Å². The molecule has 3 aromatic carbocycles. The Kier molecular flexibility index (Phi) is 6.73. The zero-order chi connectivity index (χ0) is 24.2. The van der Waals surface area contributed by atoms with E-state index in [2.05, 4.69) is 20.6 Å². The largest absolute Gasteiger partial charge is 0.431 e. The fraction of sp³-hybridized carbons (Fsp3) is 0.120. The summed E-state index contributed by atoms with van der Waals surface area (Å²) in [6.07, 6.45) is 0. The number of carbonyl (C=O) groups is 2. The number of aryl methyl sites for hydroxylation is 1. The molecule has 5 rings (SSSR count). The molecule has 35 heavy (non-hydrogen) atoms. The molecule has 2 heterocycles. The molecular formula is C25H20N4O4S2. The van der Waals surface area contributed by atoms with Crippen molar-refractivity contribution in [2.45, 2.75) is 17.4 Å². The van der Waals surface area contributed by atoms with Crippen molar-refractivity contribution in [3.63, 3.8) is 0 Å². The van der Waals surface area contributed by atoms with Gasteiger partial charge in [0.1, 0.15) is 11.0 Å². The fourth-order valence-corrected chi connectivity index (χ4v) is 4.68. The van der Waals surface area contributed by atoms with E-state index in [1.54, 1.807) is 6.07 Å². The van der Waals surface area contributed by atoms with Crippen LogP contribution in [0.4, 0.5) is 11.4 Å². The van der Waals surface area contributed by atoms with Gasteiger partial charge < -0.3 is 19.5 Å². The van der Waals surface area contributed by atoms with Gasteiger partial charge in [0.25, 0.3) is 10.4 Å². The molecule has 0 radical (unpaired) electrons. The minimum absolute atomic E-state index is 0.142. The highest BCUT2D eigenvalue weighted by Gasteiger charge is 2.12. The highest BCUT2D eigenvalue weighted by Crippen LogP contribution is 2.25. The number of rotatable bonds is 8.